The van der Waals surface area contributed by atoms with Crippen molar-refractivity contribution in [2.24, 2.45) is 0 Å². The molecule has 0 heterocycles. The number of alkyl halides is 3. The minimum absolute atomic E-state index is 0.135. The van der Waals surface area contributed by atoms with Crippen molar-refractivity contribution < 1.29 is 27.8 Å². The largest absolute Gasteiger partial charge is 0.573 e. The highest BCUT2D eigenvalue weighted by molar-refractivity contribution is 5.78. The Hall–Kier alpha value is -1.92. The van der Waals surface area contributed by atoms with Gasteiger partial charge in [-0.25, -0.2) is 0 Å². The minimum Gasteiger partial charge on any atom is -0.481 e. The van der Waals surface area contributed by atoms with Crippen LogP contribution in [-0.4, -0.2) is 17.4 Å². The molecule has 0 radical (unpaired) electrons. The van der Waals surface area contributed by atoms with E-state index in [0.29, 0.717) is 6.42 Å². The van der Waals surface area contributed by atoms with Crippen LogP contribution in [-0.2, 0) is 4.79 Å². The molecule has 0 aliphatic carbocycles. The van der Waals surface area contributed by atoms with E-state index >= 15 is 0 Å². The highest BCUT2D eigenvalue weighted by atomic mass is 19.4. The molecule has 0 aromatic heterocycles. The van der Waals surface area contributed by atoms with Crippen LogP contribution in [0.5, 0.6) is 5.75 Å². The average molecular weight is 277 g/mol. The number of halogens is 3. The van der Waals surface area contributed by atoms with E-state index in [0.717, 1.165) is 12.1 Å². The van der Waals surface area contributed by atoms with E-state index < -0.39 is 24.0 Å². The first kappa shape index (κ1) is 15.1. The summed E-state index contributed by atoms with van der Waals surface area (Å²) < 4.78 is 40.1. The zero-order valence-electron chi connectivity index (χ0n) is 10.2. The number of carbonyl (C=O) groups is 1. The summed E-state index contributed by atoms with van der Waals surface area (Å²) in [5.41, 5.74) is 5.89. The van der Waals surface area contributed by atoms with Crippen LogP contribution < -0.4 is 10.5 Å². The van der Waals surface area contributed by atoms with E-state index in [4.69, 9.17) is 10.8 Å². The number of hydrogen-bond donors (Lipinski definition) is 2. The standard InChI is InChI=1S/C12H14F3NO3/c1-2-3-8(11(17)18)9-6-7(4-5-10(9)16)19-12(13,14)15/h4-6,8H,2-3,16H2,1H3,(H,17,18). The minimum atomic E-state index is -4.82. The second-order valence-corrected chi connectivity index (χ2v) is 4.02. The van der Waals surface area contributed by atoms with Crippen LogP contribution in [0.15, 0.2) is 18.2 Å². The van der Waals surface area contributed by atoms with E-state index in [9.17, 15) is 18.0 Å². The van der Waals surface area contributed by atoms with Crippen LogP contribution >= 0.6 is 0 Å². The second kappa shape index (κ2) is 5.81. The summed E-state index contributed by atoms with van der Waals surface area (Å²) in [6.07, 6.45) is -3.97. The van der Waals surface area contributed by atoms with Gasteiger partial charge in [0, 0.05) is 5.69 Å². The summed E-state index contributed by atoms with van der Waals surface area (Å²) >= 11 is 0. The van der Waals surface area contributed by atoms with Gasteiger partial charge in [-0.2, -0.15) is 0 Å². The molecule has 106 valence electrons. The van der Waals surface area contributed by atoms with Gasteiger partial charge in [0.15, 0.2) is 0 Å². The molecule has 0 saturated carbocycles. The number of aliphatic carboxylic acids is 1. The molecular formula is C12H14F3NO3. The molecule has 0 bridgehead atoms. The summed E-state index contributed by atoms with van der Waals surface area (Å²) in [6, 6.07) is 3.29. The van der Waals surface area contributed by atoms with Gasteiger partial charge in [-0.05, 0) is 30.2 Å². The number of carboxylic acids is 1. The summed E-state index contributed by atoms with van der Waals surface area (Å²) in [5.74, 6) is -2.54. The topological polar surface area (TPSA) is 72.5 Å². The number of rotatable bonds is 5. The fourth-order valence-electron chi connectivity index (χ4n) is 1.75. The quantitative estimate of drug-likeness (QED) is 0.811. The van der Waals surface area contributed by atoms with Crippen LogP contribution in [0.4, 0.5) is 18.9 Å². The number of anilines is 1. The lowest BCUT2D eigenvalue weighted by Gasteiger charge is -2.16. The predicted molar refractivity (Wildman–Crippen MR) is 62.8 cm³/mol. The Kier molecular flexibility index (Phi) is 4.63. The zero-order valence-corrected chi connectivity index (χ0v) is 10.2. The lowest BCUT2D eigenvalue weighted by atomic mass is 9.93. The Morgan fingerprint density at radius 2 is 2.11 bits per heavy atom. The molecule has 0 spiro atoms. The van der Waals surface area contributed by atoms with E-state index in [1.807, 2.05) is 0 Å². The fraction of sp³-hybridized carbons (Fsp3) is 0.417. The first-order chi connectivity index (χ1) is 8.74. The number of carboxylic acid groups (broad SMARTS) is 1. The summed E-state index contributed by atoms with van der Waals surface area (Å²) in [6.45, 7) is 1.78. The van der Waals surface area contributed by atoms with Gasteiger partial charge in [0.25, 0.3) is 0 Å². The highest BCUT2D eigenvalue weighted by Crippen LogP contribution is 2.32. The van der Waals surface area contributed by atoms with Crippen molar-refractivity contribution in [3.05, 3.63) is 23.8 Å². The van der Waals surface area contributed by atoms with E-state index in [1.54, 1.807) is 6.92 Å². The molecule has 0 amide bonds. The Morgan fingerprint density at radius 1 is 1.47 bits per heavy atom. The molecule has 1 rings (SSSR count). The van der Waals surface area contributed by atoms with Crippen molar-refractivity contribution in [3.8, 4) is 5.75 Å². The van der Waals surface area contributed by atoms with Gasteiger partial charge < -0.3 is 15.6 Å². The van der Waals surface area contributed by atoms with Crippen LogP contribution in [0.25, 0.3) is 0 Å². The van der Waals surface area contributed by atoms with Gasteiger partial charge in [-0.3, -0.25) is 4.79 Å². The Bertz CT molecular complexity index is 460. The summed E-state index contributed by atoms with van der Waals surface area (Å²) in [7, 11) is 0. The third-order valence-electron chi connectivity index (χ3n) is 2.54. The third kappa shape index (κ3) is 4.35. The van der Waals surface area contributed by atoms with Gasteiger partial charge in [-0.15, -0.1) is 13.2 Å². The lowest BCUT2D eigenvalue weighted by Crippen LogP contribution is -2.18. The fourth-order valence-corrected chi connectivity index (χ4v) is 1.75. The van der Waals surface area contributed by atoms with E-state index in [-0.39, 0.29) is 17.7 Å². The van der Waals surface area contributed by atoms with Crippen molar-refractivity contribution >= 4 is 11.7 Å². The molecule has 1 aromatic rings. The summed E-state index contributed by atoms with van der Waals surface area (Å²) in [5, 5.41) is 9.09. The van der Waals surface area contributed by atoms with Gasteiger partial charge >= 0.3 is 12.3 Å². The Labute approximate surface area is 108 Å². The highest BCUT2D eigenvalue weighted by Gasteiger charge is 2.32. The smallest absolute Gasteiger partial charge is 0.481 e. The average Bonchev–Trinajstić information content (AvgIpc) is 2.26. The monoisotopic (exact) mass is 277 g/mol. The molecule has 0 aliphatic heterocycles. The van der Waals surface area contributed by atoms with Crippen LogP contribution in [0.1, 0.15) is 31.2 Å². The Morgan fingerprint density at radius 3 is 2.58 bits per heavy atom. The molecule has 19 heavy (non-hydrogen) atoms. The molecule has 4 nitrogen and oxygen atoms in total. The molecular weight excluding hydrogens is 263 g/mol. The second-order valence-electron chi connectivity index (χ2n) is 4.02. The lowest BCUT2D eigenvalue weighted by molar-refractivity contribution is -0.274. The molecule has 3 N–H and O–H groups in total. The maximum Gasteiger partial charge on any atom is 0.573 e. The van der Waals surface area contributed by atoms with Crippen molar-refractivity contribution in [1.29, 1.82) is 0 Å². The van der Waals surface area contributed by atoms with Crippen molar-refractivity contribution in [1.82, 2.24) is 0 Å². The third-order valence-corrected chi connectivity index (χ3v) is 2.54. The van der Waals surface area contributed by atoms with E-state index in [2.05, 4.69) is 4.74 Å². The van der Waals surface area contributed by atoms with Crippen molar-refractivity contribution in [2.75, 3.05) is 5.73 Å². The maximum atomic E-state index is 12.1. The van der Waals surface area contributed by atoms with Crippen molar-refractivity contribution in [2.45, 2.75) is 32.0 Å². The number of nitrogens with two attached hydrogens (primary N) is 1. The van der Waals surface area contributed by atoms with Gasteiger partial charge in [0.1, 0.15) is 5.75 Å². The maximum absolute atomic E-state index is 12.1. The van der Waals surface area contributed by atoms with Gasteiger partial charge in [0.05, 0.1) is 5.92 Å². The number of hydrogen-bond acceptors (Lipinski definition) is 3. The Balaban J connectivity index is 3.11. The van der Waals surface area contributed by atoms with Crippen LogP contribution in [0, 0.1) is 0 Å². The molecule has 0 saturated heterocycles. The number of nitrogen functional groups attached to an aromatic ring is 1. The van der Waals surface area contributed by atoms with Crippen LogP contribution in [0.2, 0.25) is 0 Å². The molecule has 0 fully saturated rings. The molecule has 0 aliphatic rings. The molecule has 1 atom stereocenters. The number of ether oxygens (including phenoxy) is 1. The van der Waals surface area contributed by atoms with E-state index in [1.165, 1.54) is 6.07 Å². The summed E-state index contributed by atoms with van der Waals surface area (Å²) in [4.78, 5) is 11.1. The van der Waals surface area contributed by atoms with Crippen molar-refractivity contribution in [3.63, 3.8) is 0 Å². The van der Waals surface area contributed by atoms with Gasteiger partial charge in [0.2, 0.25) is 0 Å². The van der Waals surface area contributed by atoms with Gasteiger partial charge in [-0.1, -0.05) is 13.3 Å². The number of benzene rings is 1. The normalized spacial score (nSPS) is 13.1. The predicted octanol–water partition coefficient (Wildman–Crippen LogP) is 3.14. The SMILES string of the molecule is CCCC(C(=O)O)c1cc(OC(F)(F)F)ccc1N. The first-order valence-corrected chi connectivity index (χ1v) is 5.62. The molecule has 7 heteroatoms. The molecule has 1 aromatic carbocycles. The molecule has 1 unspecified atom stereocenters. The first-order valence-electron chi connectivity index (χ1n) is 5.62. The zero-order chi connectivity index (χ0) is 14.6. The van der Waals surface area contributed by atoms with Crippen LogP contribution in [0.3, 0.4) is 0 Å².